The summed E-state index contributed by atoms with van der Waals surface area (Å²) in [6.45, 7) is 1.88. The standard InChI is InChI=1S/C11H11N3O3/c1-7-4-3-5-8(6-7)14-11(17)13(2)9(12-14)10(15)16/h3-6H,1-2H3,(H,15,16). The Morgan fingerprint density at radius 3 is 2.65 bits per heavy atom. The zero-order chi connectivity index (χ0) is 12.6. The fraction of sp³-hybridized carbons (Fsp3) is 0.182. The van der Waals surface area contributed by atoms with Crippen LogP contribution in [0, 0.1) is 6.92 Å². The third kappa shape index (κ3) is 1.84. The summed E-state index contributed by atoms with van der Waals surface area (Å²) in [7, 11) is 1.38. The molecule has 1 aromatic carbocycles. The van der Waals surface area contributed by atoms with Gasteiger partial charge in [0.05, 0.1) is 5.69 Å². The molecule has 17 heavy (non-hydrogen) atoms. The first-order valence-corrected chi connectivity index (χ1v) is 4.97. The van der Waals surface area contributed by atoms with E-state index in [1.165, 1.54) is 7.05 Å². The van der Waals surface area contributed by atoms with Crippen LogP contribution in [0.4, 0.5) is 0 Å². The van der Waals surface area contributed by atoms with Gasteiger partial charge >= 0.3 is 11.7 Å². The Morgan fingerprint density at radius 2 is 2.12 bits per heavy atom. The van der Waals surface area contributed by atoms with Crippen molar-refractivity contribution in [3.8, 4) is 5.69 Å². The zero-order valence-electron chi connectivity index (χ0n) is 9.41. The SMILES string of the molecule is Cc1cccc(-n2nc(C(=O)O)n(C)c2=O)c1. The van der Waals surface area contributed by atoms with Crippen LogP contribution in [0.1, 0.15) is 16.2 Å². The van der Waals surface area contributed by atoms with E-state index in [0.29, 0.717) is 5.69 Å². The third-order valence-electron chi connectivity index (χ3n) is 2.42. The van der Waals surface area contributed by atoms with Crippen LogP contribution in [0.3, 0.4) is 0 Å². The molecule has 1 N–H and O–H groups in total. The van der Waals surface area contributed by atoms with E-state index < -0.39 is 11.7 Å². The average molecular weight is 233 g/mol. The van der Waals surface area contributed by atoms with Gasteiger partial charge in [-0.1, -0.05) is 12.1 Å². The van der Waals surface area contributed by atoms with Gasteiger partial charge in [-0.05, 0) is 24.6 Å². The predicted octanol–water partition coefficient (Wildman–Crippen LogP) is 0.578. The van der Waals surface area contributed by atoms with Crippen molar-refractivity contribution in [1.29, 1.82) is 0 Å². The molecule has 1 heterocycles. The van der Waals surface area contributed by atoms with E-state index in [1.54, 1.807) is 18.2 Å². The first-order chi connectivity index (χ1) is 8.00. The fourth-order valence-electron chi connectivity index (χ4n) is 1.55. The highest BCUT2D eigenvalue weighted by atomic mass is 16.4. The number of aromatic nitrogens is 3. The van der Waals surface area contributed by atoms with Crippen LogP contribution < -0.4 is 5.69 Å². The summed E-state index contributed by atoms with van der Waals surface area (Å²) in [6, 6.07) is 7.13. The van der Waals surface area contributed by atoms with Crippen molar-refractivity contribution >= 4 is 5.97 Å². The first kappa shape index (κ1) is 11.1. The molecule has 0 aliphatic rings. The molecule has 0 atom stereocenters. The Morgan fingerprint density at radius 1 is 1.41 bits per heavy atom. The van der Waals surface area contributed by atoms with Crippen LogP contribution in [0.2, 0.25) is 0 Å². The minimum absolute atomic E-state index is 0.281. The van der Waals surface area contributed by atoms with E-state index >= 15 is 0 Å². The molecule has 0 aliphatic carbocycles. The maximum atomic E-state index is 11.8. The molecule has 0 amide bonds. The number of hydrogen-bond donors (Lipinski definition) is 1. The van der Waals surface area contributed by atoms with Crippen LogP contribution in [0.15, 0.2) is 29.1 Å². The minimum Gasteiger partial charge on any atom is -0.475 e. The summed E-state index contributed by atoms with van der Waals surface area (Å²) in [4.78, 5) is 22.7. The molecule has 0 bridgehead atoms. The van der Waals surface area contributed by atoms with E-state index in [9.17, 15) is 9.59 Å². The van der Waals surface area contributed by atoms with Crippen LogP contribution >= 0.6 is 0 Å². The van der Waals surface area contributed by atoms with Gasteiger partial charge in [0.25, 0.3) is 0 Å². The van der Waals surface area contributed by atoms with Crippen LogP contribution in [0.5, 0.6) is 0 Å². The highest BCUT2D eigenvalue weighted by Crippen LogP contribution is 2.07. The second-order valence-electron chi connectivity index (χ2n) is 3.72. The molecule has 0 aliphatic heterocycles. The number of rotatable bonds is 2. The molecule has 0 saturated carbocycles. The monoisotopic (exact) mass is 233 g/mol. The Labute approximate surface area is 96.7 Å². The van der Waals surface area contributed by atoms with Gasteiger partial charge in [-0.25, -0.2) is 9.59 Å². The maximum Gasteiger partial charge on any atom is 0.374 e. The third-order valence-corrected chi connectivity index (χ3v) is 2.42. The molecule has 0 spiro atoms. The molecule has 2 rings (SSSR count). The summed E-state index contributed by atoms with van der Waals surface area (Å²) in [5.41, 5.74) is 1.04. The second kappa shape index (κ2) is 3.89. The topological polar surface area (TPSA) is 77.1 Å². The Bertz CT molecular complexity index is 640. The smallest absolute Gasteiger partial charge is 0.374 e. The molecule has 2 aromatic rings. The maximum absolute atomic E-state index is 11.8. The largest absolute Gasteiger partial charge is 0.475 e. The number of aromatic carboxylic acids is 1. The number of benzene rings is 1. The van der Waals surface area contributed by atoms with Crippen molar-refractivity contribution in [1.82, 2.24) is 14.3 Å². The van der Waals surface area contributed by atoms with Gasteiger partial charge < -0.3 is 5.11 Å². The molecule has 0 radical (unpaired) electrons. The van der Waals surface area contributed by atoms with E-state index in [0.717, 1.165) is 14.8 Å². The molecule has 1 aromatic heterocycles. The molecular weight excluding hydrogens is 222 g/mol. The normalized spacial score (nSPS) is 10.5. The number of carboxylic acid groups (broad SMARTS) is 1. The minimum atomic E-state index is -1.23. The fourth-order valence-corrected chi connectivity index (χ4v) is 1.55. The van der Waals surface area contributed by atoms with Crippen molar-refractivity contribution in [3.63, 3.8) is 0 Å². The zero-order valence-corrected chi connectivity index (χ0v) is 9.41. The molecular formula is C11H11N3O3. The number of carboxylic acids is 1. The van der Waals surface area contributed by atoms with Gasteiger partial charge in [-0.3, -0.25) is 4.57 Å². The lowest BCUT2D eigenvalue weighted by molar-refractivity contribution is 0.0678. The molecule has 0 fully saturated rings. The Kier molecular flexibility index (Phi) is 2.55. The number of carbonyl (C=O) groups is 1. The number of aryl methyl sites for hydroxylation is 1. The quantitative estimate of drug-likeness (QED) is 0.823. The van der Waals surface area contributed by atoms with E-state index in [1.807, 2.05) is 13.0 Å². The molecule has 0 saturated heterocycles. The van der Waals surface area contributed by atoms with Gasteiger partial charge in [0, 0.05) is 7.05 Å². The van der Waals surface area contributed by atoms with Crippen molar-refractivity contribution in [2.45, 2.75) is 6.92 Å². The van der Waals surface area contributed by atoms with Gasteiger partial charge in [0.15, 0.2) is 0 Å². The average Bonchev–Trinajstić information content (AvgIpc) is 2.56. The summed E-state index contributed by atoms with van der Waals surface area (Å²) in [5.74, 6) is -1.51. The lowest BCUT2D eigenvalue weighted by atomic mass is 10.2. The van der Waals surface area contributed by atoms with Gasteiger partial charge in [-0.15, -0.1) is 5.10 Å². The summed E-state index contributed by atoms with van der Waals surface area (Å²) >= 11 is 0. The number of hydrogen-bond acceptors (Lipinski definition) is 3. The molecule has 0 unspecified atom stereocenters. The van der Waals surface area contributed by atoms with Gasteiger partial charge in [0.1, 0.15) is 0 Å². The van der Waals surface area contributed by atoms with Crippen molar-refractivity contribution in [2.75, 3.05) is 0 Å². The highest BCUT2D eigenvalue weighted by molar-refractivity contribution is 5.83. The van der Waals surface area contributed by atoms with Crippen LogP contribution in [-0.4, -0.2) is 25.4 Å². The predicted molar refractivity (Wildman–Crippen MR) is 60.5 cm³/mol. The number of nitrogens with zero attached hydrogens (tertiary/aromatic N) is 3. The molecule has 88 valence electrons. The summed E-state index contributed by atoms with van der Waals surface area (Å²) in [5, 5.41) is 12.7. The Hall–Kier alpha value is -2.37. The van der Waals surface area contributed by atoms with Crippen molar-refractivity contribution in [3.05, 3.63) is 46.1 Å². The highest BCUT2D eigenvalue weighted by Gasteiger charge is 2.16. The lowest BCUT2D eigenvalue weighted by Gasteiger charge is -1.99. The first-order valence-electron chi connectivity index (χ1n) is 4.97. The summed E-state index contributed by atoms with van der Waals surface area (Å²) < 4.78 is 2.08. The summed E-state index contributed by atoms with van der Waals surface area (Å²) in [6.07, 6.45) is 0. The molecule has 6 heteroatoms. The second-order valence-corrected chi connectivity index (χ2v) is 3.72. The van der Waals surface area contributed by atoms with Crippen molar-refractivity contribution < 1.29 is 9.90 Å². The van der Waals surface area contributed by atoms with Crippen LogP contribution in [-0.2, 0) is 7.05 Å². The van der Waals surface area contributed by atoms with Crippen molar-refractivity contribution in [2.24, 2.45) is 7.05 Å². The van der Waals surface area contributed by atoms with Gasteiger partial charge in [-0.2, -0.15) is 4.68 Å². The van der Waals surface area contributed by atoms with Crippen LogP contribution in [0.25, 0.3) is 5.69 Å². The molecule has 6 nitrogen and oxygen atoms in total. The lowest BCUT2D eigenvalue weighted by Crippen LogP contribution is -2.22. The van der Waals surface area contributed by atoms with E-state index in [-0.39, 0.29) is 5.82 Å². The Balaban J connectivity index is 2.65. The van der Waals surface area contributed by atoms with E-state index in [4.69, 9.17) is 5.11 Å². The van der Waals surface area contributed by atoms with E-state index in [2.05, 4.69) is 5.10 Å². The van der Waals surface area contributed by atoms with Gasteiger partial charge in [0.2, 0.25) is 5.82 Å².